The van der Waals surface area contributed by atoms with E-state index in [4.69, 9.17) is 9.47 Å². The van der Waals surface area contributed by atoms with E-state index in [1.54, 1.807) is 18.2 Å². The minimum Gasteiger partial charge on any atom is -0.493 e. The number of nitrogens with one attached hydrogen (secondary N) is 2. The van der Waals surface area contributed by atoms with Crippen LogP contribution in [-0.4, -0.2) is 25.5 Å². The molecule has 0 bridgehead atoms. The summed E-state index contributed by atoms with van der Waals surface area (Å²) in [6.07, 6.45) is 0.644. The van der Waals surface area contributed by atoms with Crippen LogP contribution in [0.1, 0.15) is 52.2 Å². The second-order valence-corrected chi connectivity index (χ2v) is 7.45. The van der Waals surface area contributed by atoms with Crippen LogP contribution in [0.5, 0.6) is 11.5 Å². The van der Waals surface area contributed by atoms with Gasteiger partial charge in [0.15, 0.2) is 11.5 Å². The van der Waals surface area contributed by atoms with Gasteiger partial charge in [-0.15, -0.1) is 0 Å². The topological polar surface area (TPSA) is 76.7 Å². The maximum atomic E-state index is 14.2. The number of rotatable bonds is 10. The van der Waals surface area contributed by atoms with Crippen molar-refractivity contribution in [3.63, 3.8) is 0 Å². The van der Waals surface area contributed by atoms with Gasteiger partial charge < -0.3 is 20.1 Å². The average Bonchev–Trinajstić information content (AvgIpc) is 2.84. The van der Waals surface area contributed by atoms with Gasteiger partial charge in [0.1, 0.15) is 17.8 Å². The molecule has 0 spiro atoms. The van der Waals surface area contributed by atoms with Crippen molar-refractivity contribution >= 4 is 11.8 Å². The second kappa shape index (κ2) is 11.8. The minimum absolute atomic E-state index is 0.194. The van der Waals surface area contributed by atoms with Crippen LogP contribution in [0.3, 0.4) is 0 Å². The molecule has 0 radical (unpaired) electrons. The van der Waals surface area contributed by atoms with E-state index in [2.05, 4.69) is 10.6 Å². The molecule has 0 saturated carbocycles. The van der Waals surface area contributed by atoms with Crippen LogP contribution in [0.15, 0.2) is 66.7 Å². The van der Waals surface area contributed by atoms with Gasteiger partial charge in [-0.25, -0.2) is 8.78 Å². The van der Waals surface area contributed by atoms with E-state index in [1.807, 2.05) is 6.92 Å². The lowest BCUT2D eigenvalue weighted by molar-refractivity contribution is 0.0879. The van der Waals surface area contributed by atoms with Crippen molar-refractivity contribution in [2.75, 3.05) is 13.7 Å². The number of methoxy groups -OCH3 is 1. The van der Waals surface area contributed by atoms with E-state index in [0.717, 1.165) is 25.0 Å². The third kappa shape index (κ3) is 6.10. The molecule has 34 heavy (non-hydrogen) atoms. The molecule has 3 aromatic carbocycles. The van der Waals surface area contributed by atoms with Crippen LogP contribution < -0.4 is 20.1 Å². The fraction of sp³-hybridized carbons (Fsp3) is 0.231. The van der Waals surface area contributed by atoms with Crippen LogP contribution in [0.25, 0.3) is 0 Å². The summed E-state index contributed by atoms with van der Waals surface area (Å²) >= 11 is 0. The van der Waals surface area contributed by atoms with E-state index >= 15 is 0 Å². The Bertz CT molecular complexity index is 1090. The number of benzene rings is 3. The van der Waals surface area contributed by atoms with Gasteiger partial charge in [0.2, 0.25) is 0 Å². The molecule has 8 heteroatoms. The highest BCUT2D eigenvalue weighted by atomic mass is 19.1. The first-order chi connectivity index (χ1) is 16.4. The molecular formula is C26H26F2N2O4. The van der Waals surface area contributed by atoms with Crippen LogP contribution >= 0.6 is 0 Å². The molecule has 0 unspecified atom stereocenters. The van der Waals surface area contributed by atoms with Gasteiger partial charge in [-0.3, -0.25) is 9.59 Å². The predicted molar refractivity (Wildman–Crippen MR) is 124 cm³/mol. The normalized spacial score (nSPS) is 10.6. The number of hydrogen-bond acceptors (Lipinski definition) is 4. The Morgan fingerprint density at radius 1 is 0.853 bits per heavy atom. The maximum absolute atomic E-state index is 14.2. The van der Waals surface area contributed by atoms with Gasteiger partial charge in [-0.05, 0) is 48.4 Å². The van der Waals surface area contributed by atoms with Gasteiger partial charge in [0, 0.05) is 0 Å². The minimum atomic E-state index is -1.11. The molecule has 2 amide bonds. The molecule has 0 aliphatic heterocycles. The summed E-state index contributed by atoms with van der Waals surface area (Å²) in [7, 11) is 1.50. The van der Waals surface area contributed by atoms with Gasteiger partial charge in [0.05, 0.1) is 24.8 Å². The summed E-state index contributed by atoms with van der Waals surface area (Å²) in [5.74, 6) is -2.03. The van der Waals surface area contributed by atoms with Gasteiger partial charge in [-0.1, -0.05) is 43.7 Å². The summed E-state index contributed by atoms with van der Waals surface area (Å²) in [5.41, 5.74) is 0.0443. The zero-order chi connectivity index (χ0) is 24.5. The molecule has 0 aliphatic carbocycles. The lowest BCUT2D eigenvalue weighted by Gasteiger charge is -2.22. The number of carbonyl (C=O) groups excluding carboxylic acids is 2. The maximum Gasteiger partial charge on any atom is 0.256 e. The molecular weight excluding hydrogens is 442 g/mol. The van der Waals surface area contributed by atoms with Crippen molar-refractivity contribution in [3.8, 4) is 11.5 Å². The molecule has 0 aliphatic rings. The van der Waals surface area contributed by atoms with Crippen LogP contribution in [0, 0.1) is 11.6 Å². The number of unbranched alkanes of at least 4 members (excludes halogenated alkanes) is 1. The number of carbonyl (C=O) groups is 2. The largest absolute Gasteiger partial charge is 0.493 e. The Kier molecular flexibility index (Phi) is 8.56. The Morgan fingerprint density at radius 3 is 1.91 bits per heavy atom. The predicted octanol–water partition coefficient (Wildman–Crippen LogP) is 5.01. The van der Waals surface area contributed by atoms with Crippen molar-refractivity contribution in [2.45, 2.75) is 25.9 Å². The van der Waals surface area contributed by atoms with Crippen molar-refractivity contribution in [3.05, 3.63) is 95.1 Å². The average molecular weight is 469 g/mol. The molecule has 0 fully saturated rings. The first kappa shape index (κ1) is 24.7. The molecule has 178 valence electrons. The first-order valence-corrected chi connectivity index (χ1v) is 10.9. The molecule has 3 aromatic rings. The highest BCUT2D eigenvalue weighted by Crippen LogP contribution is 2.30. The Morgan fingerprint density at radius 2 is 1.41 bits per heavy atom. The number of hydrogen-bond donors (Lipinski definition) is 2. The lowest BCUT2D eigenvalue weighted by Crippen LogP contribution is -2.41. The molecule has 0 aromatic heterocycles. The fourth-order valence-electron chi connectivity index (χ4n) is 3.22. The Balaban J connectivity index is 1.94. The number of halogens is 2. The van der Waals surface area contributed by atoms with Crippen LogP contribution in [0.2, 0.25) is 0 Å². The van der Waals surface area contributed by atoms with Crippen molar-refractivity contribution in [2.24, 2.45) is 0 Å². The highest BCUT2D eigenvalue weighted by Gasteiger charge is 2.23. The SMILES string of the molecule is CCCCOc1cc(C(NC(=O)c2ccccc2F)NC(=O)c2ccccc2F)ccc1OC. The van der Waals surface area contributed by atoms with E-state index in [-0.39, 0.29) is 11.1 Å². The fourth-order valence-corrected chi connectivity index (χ4v) is 3.22. The van der Waals surface area contributed by atoms with E-state index in [9.17, 15) is 18.4 Å². The monoisotopic (exact) mass is 468 g/mol. The van der Waals surface area contributed by atoms with E-state index < -0.39 is 29.6 Å². The molecule has 0 atom stereocenters. The van der Waals surface area contributed by atoms with Gasteiger partial charge >= 0.3 is 0 Å². The summed E-state index contributed by atoms with van der Waals surface area (Å²) in [6.45, 7) is 2.48. The lowest BCUT2D eigenvalue weighted by atomic mass is 10.1. The van der Waals surface area contributed by atoms with Crippen molar-refractivity contribution in [1.82, 2.24) is 10.6 Å². The first-order valence-electron chi connectivity index (χ1n) is 10.9. The Hall–Kier alpha value is -3.94. The Labute approximate surface area is 196 Å². The zero-order valence-electron chi connectivity index (χ0n) is 18.9. The number of ether oxygens (including phenoxy) is 2. The standard InChI is InChI=1S/C26H26F2N2O4/c1-3-4-15-34-23-16-17(13-14-22(23)33-2)24(29-25(31)18-9-5-7-11-20(18)27)30-26(32)19-10-6-8-12-21(19)28/h5-14,16,24H,3-4,15H2,1-2H3,(H,29,31)(H,30,32). The molecule has 0 saturated heterocycles. The smallest absolute Gasteiger partial charge is 0.256 e. The third-order valence-corrected chi connectivity index (χ3v) is 5.06. The molecule has 2 N–H and O–H groups in total. The van der Waals surface area contributed by atoms with Crippen molar-refractivity contribution < 1.29 is 27.8 Å². The van der Waals surface area contributed by atoms with E-state index in [1.165, 1.54) is 43.5 Å². The van der Waals surface area contributed by atoms with Crippen LogP contribution in [-0.2, 0) is 0 Å². The molecule has 3 rings (SSSR count). The summed E-state index contributed by atoms with van der Waals surface area (Å²) in [5, 5.41) is 5.23. The zero-order valence-corrected chi connectivity index (χ0v) is 18.9. The quantitative estimate of drug-likeness (QED) is 0.324. The van der Waals surface area contributed by atoms with Gasteiger partial charge in [-0.2, -0.15) is 0 Å². The molecule has 6 nitrogen and oxygen atoms in total. The van der Waals surface area contributed by atoms with Crippen LogP contribution in [0.4, 0.5) is 8.78 Å². The van der Waals surface area contributed by atoms with Crippen molar-refractivity contribution in [1.29, 1.82) is 0 Å². The third-order valence-electron chi connectivity index (χ3n) is 5.06. The highest BCUT2D eigenvalue weighted by molar-refractivity contribution is 5.97. The van der Waals surface area contributed by atoms with E-state index in [0.29, 0.717) is 23.7 Å². The number of amides is 2. The summed E-state index contributed by atoms with van der Waals surface area (Å²) < 4.78 is 39.5. The summed E-state index contributed by atoms with van der Waals surface area (Å²) in [6, 6.07) is 15.8. The van der Waals surface area contributed by atoms with Gasteiger partial charge in [0.25, 0.3) is 11.8 Å². The molecule has 0 heterocycles. The summed E-state index contributed by atoms with van der Waals surface area (Å²) in [4.78, 5) is 25.6. The second-order valence-electron chi connectivity index (χ2n) is 7.45.